The highest BCUT2D eigenvalue weighted by atomic mass is 79.9. The predicted molar refractivity (Wildman–Crippen MR) is 85.3 cm³/mol. The quantitative estimate of drug-likeness (QED) is 0.901. The molecule has 0 radical (unpaired) electrons. The van der Waals surface area contributed by atoms with Gasteiger partial charge in [-0.3, -0.25) is 0 Å². The number of fused-ring (bicyclic) bond motifs is 1. The highest BCUT2D eigenvalue weighted by molar-refractivity contribution is 9.10. The number of benzene rings is 2. The van der Waals surface area contributed by atoms with E-state index >= 15 is 0 Å². The maximum atomic E-state index is 5.42. The molecule has 0 amide bonds. The fourth-order valence-electron chi connectivity index (χ4n) is 2.32. The molecule has 0 spiro atoms. The zero-order valence-electron chi connectivity index (χ0n) is 11.9. The summed E-state index contributed by atoms with van der Waals surface area (Å²) in [6.07, 6.45) is 0. The summed E-state index contributed by atoms with van der Waals surface area (Å²) in [5.74, 6) is 2.46. The molecule has 0 unspecified atom stereocenters. The maximum Gasteiger partial charge on any atom is 0.231 e. The predicted octanol–water partition coefficient (Wildman–Crippen LogP) is 4.11. The largest absolute Gasteiger partial charge is 0.496 e. The number of rotatable bonds is 4. The van der Waals surface area contributed by atoms with Crippen molar-refractivity contribution < 1.29 is 14.2 Å². The Labute approximate surface area is 132 Å². The lowest BCUT2D eigenvalue weighted by molar-refractivity contribution is 0.173. The van der Waals surface area contributed by atoms with Gasteiger partial charge in [0, 0.05) is 12.2 Å². The normalized spacial score (nSPS) is 12.3. The third-order valence-electron chi connectivity index (χ3n) is 3.38. The standard InChI is InChI=1S/C16H16BrNO3/c1-10-5-12(3-4-14(10)19-2)18-8-11-6-13(17)16-15(7-11)20-9-21-16/h3-7,18H,8-9H2,1-2H3. The van der Waals surface area contributed by atoms with Crippen molar-refractivity contribution in [3.05, 3.63) is 45.9 Å². The SMILES string of the molecule is COc1ccc(NCc2cc(Br)c3c(c2)OCO3)cc1C. The number of nitrogens with one attached hydrogen (secondary N) is 1. The van der Waals surface area contributed by atoms with Crippen LogP contribution in [0.15, 0.2) is 34.8 Å². The van der Waals surface area contributed by atoms with Gasteiger partial charge in [-0.15, -0.1) is 0 Å². The van der Waals surface area contributed by atoms with E-state index in [0.717, 1.165) is 38.5 Å². The summed E-state index contributed by atoms with van der Waals surface area (Å²) >= 11 is 3.51. The van der Waals surface area contributed by atoms with E-state index in [1.807, 2.05) is 31.2 Å². The summed E-state index contributed by atoms with van der Waals surface area (Å²) in [6, 6.07) is 10.1. The number of halogens is 1. The molecule has 0 aromatic heterocycles. The van der Waals surface area contributed by atoms with E-state index in [4.69, 9.17) is 14.2 Å². The first-order chi connectivity index (χ1) is 10.2. The van der Waals surface area contributed by atoms with Gasteiger partial charge in [0.25, 0.3) is 0 Å². The summed E-state index contributed by atoms with van der Waals surface area (Å²) in [4.78, 5) is 0. The van der Waals surface area contributed by atoms with Crippen molar-refractivity contribution in [1.29, 1.82) is 0 Å². The van der Waals surface area contributed by atoms with Crippen LogP contribution in [0.4, 0.5) is 5.69 Å². The smallest absolute Gasteiger partial charge is 0.231 e. The Kier molecular flexibility index (Phi) is 3.92. The minimum atomic E-state index is 0.280. The molecular formula is C16H16BrNO3. The van der Waals surface area contributed by atoms with Crippen LogP contribution in [0.2, 0.25) is 0 Å². The van der Waals surface area contributed by atoms with Crippen LogP contribution in [-0.2, 0) is 6.54 Å². The summed E-state index contributed by atoms with van der Waals surface area (Å²) in [6.45, 7) is 3.02. The molecule has 4 nitrogen and oxygen atoms in total. The molecule has 21 heavy (non-hydrogen) atoms. The first kappa shape index (κ1) is 14.1. The van der Waals surface area contributed by atoms with Gasteiger partial charge in [0.2, 0.25) is 6.79 Å². The van der Waals surface area contributed by atoms with Gasteiger partial charge in [0.05, 0.1) is 11.6 Å². The summed E-state index contributed by atoms with van der Waals surface area (Å²) in [5, 5.41) is 3.40. The number of aryl methyl sites for hydroxylation is 1. The van der Waals surface area contributed by atoms with Gasteiger partial charge in [0.1, 0.15) is 5.75 Å². The monoisotopic (exact) mass is 349 g/mol. The summed E-state index contributed by atoms with van der Waals surface area (Å²) in [5.41, 5.74) is 3.29. The van der Waals surface area contributed by atoms with E-state index in [9.17, 15) is 0 Å². The van der Waals surface area contributed by atoms with Gasteiger partial charge in [-0.25, -0.2) is 0 Å². The molecule has 0 aliphatic carbocycles. The third-order valence-corrected chi connectivity index (χ3v) is 3.97. The molecule has 0 bridgehead atoms. The molecule has 2 aromatic rings. The Morgan fingerprint density at radius 1 is 1.24 bits per heavy atom. The fourth-order valence-corrected chi connectivity index (χ4v) is 2.92. The van der Waals surface area contributed by atoms with Crippen LogP contribution in [0.5, 0.6) is 17.2 Å². The van der Waals surface area contributed by atoms with Crippen LogP contribution >= 0.6 is 15.9 Å². The van der Waals surface area contributed by atoms with Crippen LogP contribution in [0.3, 0.4) is 0 Å². The highest BCUT2D eigenvalue weighted by Crippen LogP contribution is 2.40. The van der Waals surface area contributed by atoms with Crippen molar-refractivity contribution in [3.8, 4) is 17.2 Å². The third kappa shape index (κ3) is 2.93. The second-order valence-electron chi connectivity index (χ2n) is 4.85. The average Bonchev–Trinajstić information content (AvgIpc) is 2.94. The van der Waals surface area contributed by atoms with E-state index < -0.39 is 0 Å². The molecule has 2 aromatic carbocycles. The van der Waals surface area contributed by atoms with Gasteiger partial charge in [-0.1, -0.05) is 0 Å². The van der Waals surface area contributed by atoms with E-state index in [1.54, 1.807) is 7.11 Å². The van der Waals surface area contributed by atoms with Crippen molar-refractivity contribution in [1.82, 2.24) is 0 Å². The Bertz CT molecular complexity index is 673. The number of ether oxygens (including phenoxy) is 3. The number of methoxy groups -OCH3 is 1. The Balaban J connectivity index is 1.73. The van der Waals surface area contributed by atoms with Crippen molar-refractivity contribution >= 4 is 21.6 Å². The number of hydrogen-bond donors (Lipinski definition) is 1. The Morgan fingerprint density at radius 2 is 2.10 bits per heavy atom. The molecular weight excluding hydrogens is 334 g/mol. The van der Waals surface area contributed by atoms with Gasteiger partial charge < -0.3 is 19.5 Å². The van der Waals surface area contributed by atoms with Crippen LogP contribution in [0, 0.1) is 6.92 Å². The second kappa shape index (κ2) is 5.85. The lowest BCUT2D eigenvalue weighted by Gasteiger charge is -2.11. The zero-order chi connectivity index (χ0) is 14.8. The first-order valence-corrected chi connectivity index (χ1v) is 7.43. The van der Waals surface area contributed by atoms with Gasteiger partial charge in [0.15, 0.2) is 11.5 Å². The minimum absolute atomic E-state index is 0.280. The maximum absolute atomic E-state index is 5.42. The summed E-state index contributed by atoms with van der Waals surface area (Å²) < 4.78 is 17.0. The van der Waals surface area contributed by atoms with Crippen molar-refractivity contribution in [3.63, 3.8) is 0 Å². The van der Waals surface area contributed by atoms with Crippen LogP contribution in [0.25, 0.3) is 0 Å². The molecule has 1 N–H and O–H groups in total. The molecule has 0 fully saturated rings. The zero-order valence-corrected chi connectivity index (χ0v) is 13.5. The van der Waals surface area contributed by atoms with Gasteiger partial charge in [-0.2, -0.15) is 0 Å². The molecule has 0 saturated carbocycles. The summed E-state index contributed by atoms with van der Waals surface area (Å²) in [7, 11) is 1.68. The Morgan fingerprint density at radius 3 is 2.86 bits per heavy atom. The minimum Gasteiger partial charge on any atom is -0.496 e. The van der Waals surface area contributed by atoms with Crippen LogP contribution in [-0.4, -0.2) is 13.9 Å². The molecule has 1 aliphatic rings. The molecule has 0 saturated heterocycles. The van der Waals surface area contributed by atoms with Crippen molar-refractivity contribution in [2.45, 2.75) is 13.5 Å². The molecule has 1 aliphatic heterocycles. The average molecular weight is 350 g/mol. The molecule has 0 atom stereocenters. The molecule has 5 heteroatoms. The molecule has 110 valence electrons. The molecule has 3 rings (SSSR count). The highest BCUT2D eigenvalue weighted by Gasteiger charge is 2.17. The number of hydrogen-bond acceptors (Lipinski definition) is 4. The van der Waals surface area contributed by atoms with Crippen LogP contribution < -0.4 is 19.5 Å². The lowest BCUT2D eigenvalue weighted by atomic mass is 10.1. The van der Waals surface area contributed by atoms with E-state index in [-0.39, 0.29) is 6.79 Å². The van der Waals surface area contributed by atoms with E-state index in [0.29, 0.717) is 6.54 Å². The van der Waals surface area contributed by atoms with Crippen molar-refractivity contribution in [2.24, 2.45) is 0 Å². The topological polar surface area (TPSA) is 39.7 Å². The second-order valence-corrected chi connectivity index (χ2v) is 5.70. The first-order valence-electron chi connectivity index (χ1n) is 6.64. The molecule has 1 heterocycles. The number of anilines is 1. The fraction of sp³-hybridized carbons (Fsp3) is 0.250. The Hall–Kier alpha value is -1.88. The van der Waals surface area contributed by atoms with E-state index in [2.05, 4.69) is 27.3 Å². The lowest BCUT2D eigenvalue weighted by Crippen LogP contribution is -2.00. The van der Waals surface area contributed by atoms with E-state index in [1.165, 1.54) is 0 Å². The van der Waals surface area contributed by atoms with Crippen LogP contribution in [0.1, 0.15) is 11.1 Å². The van der Waals surface area contributed by atoms with Gasteiger partial charge >= 0.3 is 0 Å². The van der Waals surface area contributed by atoms with Gasteiger partial charge in [-0.05, 0) is 64.3 Å². The van der Waals surface area contributed by atoms with Crippen molar-refractivity contribution in [2.75, 3.05) is 19.2 Å².